The summed E-state index contributed by atoms with van der Waals surface area (Å²) in [7, 11) is -1.93. The van der Waals surface area contributed by atoms with Crippen molar-refractivity contribution in [1.82, 2.24) is 9.62 Å². The standard InChI is InChI=1S/C13H19F3N2O2S/c1-10(2)18(3)9-8-17-21(19,20)12-6-4-11(5-7-12)13(14,15)16/h4-7,10,17H,8-9H2,1-3H3. The second-order valence-corrected chi connectivity index (χ2v) is 6.76. The van der Waals surface area contributed by atoms with Crippen LogP contribution in [0.4, 0.5) is 13.2 Å². The minimum Gasteiger partial charge on any atom is -0.303 e. The van der Waals surface area contributed by atoms with Crippen LogP contribution in [0.2, 0.25) is 0 Å². The number of sulfonamides is 1. The minimum absolute atomic E-state index is 0.178. The monoisotopic (exact) mass is 324 g/mol. The molecular weight excluding hydrogens is 305 g/mol. The molecule has 0 heterocycles. The Morgan fingerprint density at radius 1 is 1.19 bits per heavy atom. The van der Waals surface area contributed by atoms with E-state index in [4.69, 9.17) is 0 Å². The van der Waals surface area contributed by atoms with E-state index in [2.05, 4.69) is 4.72 Å². The molecule has 0 fully saturated rings. The smallest absolute Gasteiger partial charge is 0.303 e. The van der Waals surface area contributed by atoms with Crippen LogP contribution in [0.1, 0.15) is 19.4 Å². The van der Waals surface area contributed by atoms with Crippen molar-refractivity contribution in [2.45, 2.75) is 31.0 Å². The van der Waals surface area contributed by atoms with Crippen molar-refractivity contribution in [3.05, 3.63) is 29.8 Å². The topological polar surface area (TPSA) is 49.4 Å². The fourth-order valence-electron chi connectivity index (χ4n) is 1.52. The zero-order valence-corrected chi connectivity index (χ0v) is 12.9. The Labute approximate surface area is 123 Å². The quantitative estimate of drug-likeness (QED) is 0.874. The third kappa shape index (κ3) is 5.29. The number of hydrogen-bond acceptors (Lipinski definition) is 3. The summed E-state index contributed by atoms with van der Waals surface area (Å²) in [6, 6.07) is 3.71. The zero-order valence-electron chi connectivity index (χ0n) is 12.1. The second-order valence-electron chi connectivity index (χ2n) is 4.99. The van der Waals surface area contributed by atoms with Crippen LogP contribution in [0.15, 0.2) is 29.2 Å². The lowest BCUT2D eigenvalue weighted by molar-refractivity contribution is -0.137. The number of benzene rings is 1. The van der Waals surface area contributed by atoms with Gasteiger partial charge in [-0.1, -0.05) is 0 Å². The highest BCUT2D eigenvalue weighted by Gasteiger charge is 2.30. The van der Waals surface area contributed by atoms with Gasteiger partial charge in [0.15, 0.2) is 0 Å². The summed E-state index contributed by atoms with van der Waals surface area (Å²) in [5.41, 5.74) is -0.874. The maximum atomic E-state index is 12.4. The van der Waals surface area contributed by atoms with Crippen LogP contribution < -0.4 is 4.72 Å². The first-order valence-corrected chi connectivity index (χ1v) is 7.89. The molecule has 8 heteroatoms. The molecule has 1 rings (SSSR count). The van der Waals surface area contributed by atoms with Gasteiger partial charge in [0, 0.05) is 19.1 Å². The van der Waals surface area contributed by atoms with Gasteiger partial charge in [-0.25, -0.2) is 13.1 Å². The second kappa shape index (κ2) is 6.76. The molecule has 0 spiro atoms. The van der Waals surface area contributed by atoms with Gasteiger partial charge in [-0.15, -0.1) is 0 Å². The molecule has 0 saturated carbocycles. The van der Waals surface area contributed by atoms with Crippen LogP contribution in [-0.2, 0) is 16.2 Å². The van der Waals surface area contributed by atoms with Gasteiger partial charge in [0.05, 0.1) is 10.5 Å². The van der Waals surface area contributed by atoms with Crippen LogP contribution in [0.3, 0.4) is 0 Å². The number of likely N-dealkylation sites (N-methyl/N-ethyl adjacent to an activating group) is 1. The van der Waals surface area contributed by atoms with E-state index in [1.165, 1.54) is 0 Å². The lowest BCUT2D eigenvalue weighted by Crippen LogP contribution is -2.36. The van der Waals surface area contributed by atoms with E-state index in [-0.39, 0.29) is 17.5 Å². The fourth-order valence-corrected chi connectivity index (χ4v) is 2.54. The van der Waals surface area contributed by atoms with Crippen LogP contribution in [-0.4, -0.2) is 39.5 Å². The Bertz CT molecular complexity index is 554. The van der Waals surface area contributed by atoms with E-state index >= 15 is 0 Å². The highest BCUT2D eigenvalue weighted by molar-refractivity contribution is 7.89. The van der Waals surface area contributed by atoms with E-state index in [0.29, 0.717) is 6.54 Å². The summed E-state index contributed by atoms with van der Waals surface area (Å²) in [6.45, 7) is 4.66. The molecule has 0 aromatic heterocycles. The predicted octanol–water partition coefficient (Wildman–Crippen LogP) is 2.32. The molecule has 0 atom stereocenters. The molecule has 1 aromatic rings. The molecule has 0 aliphatic heterocycles. The van der Waals surface area contributed by atoms with Gasteiger partial charge >= 0.3 is 6.18 Å². The van der Waals surface area contributed by atoms with Crippen molar-refractivity contribution >= 4 is 10.0 Å². The maximum Gasteiger partial charge on any atom is 0.416 e. The summed E-state index contributed by atoms with van der Waals surface area (Å²) in [5.74, 6) is 0. The van der Waals surface area contributed by atoms with Crippen LogP contribution >= 0.6 is 0 Å². The number of alkyl halides is 3. The lowest BCUT2D eigenvalue weighted by Gasteiger charge is -2.20. The normalized spacial score (nSPS) is 13.1. The number of nitrogens with one attached hydrogen (secondary N) is 1. The Balaban J connectivity index is 2.71. The maximum absolute atomic E-state index is 12.4. The summed E-state index contributed by atoms with van der Waals surface area (Å²) >= 11 is 0. The molecule has 0 aliphatic carbocycles. The van der Waals surface area contributed by atoms with Gasteiger partial charge in [-0.05, 0) is 45.2 Å². The predicted molar refractivity (Wildman–Crippen MR) is 74.4 cm³/mol. The van der Waals surface area contributed by atoms with Crippen molar-refractivity contribution < 1.29 is 21.6 Å². The average molecular weight is 324 g/mol. The third-order valence-corrected chi connectivity index (χ3v) is 4.61. The van der Waals surface area contributed by atoms with Crippen molar-refractivity contribution in [3.8, 4) is 0 Å². The Hall–Kier alpha value is -1.12. The van der Waals surface area contributed by atoms with E-state index < -0.39 is 21.8 Å². The Morgan fingerprint density at radius 3 is 2.14 bits per heavy atom. The number of halogens is 3. The first-order valence-electron chi connectivity index (χ1n) is 6.41. The van der Waals surface area contributed by atoms with Gasteiger partial charge in [-0.3, -0.25) is 0 Å². The van der Waals surface area contributed by atoms with Crippen LogP contribution in [0, 0.1) is 0 Å². The molecule has 1 N–H and O–H groups in total. The minimum atomic E-state index is -4.48. The summed E-state index contributed by atoms with van der Waals surface area (Å²) in [5, 5.41) is 0. The third-order valence-electron chi connectivity index (χ3n) is 3.13. The molecule has 0 bridgehead atoms. The van der Waals surface area contributed by atoms with Gasteiger partial charge < -0.3 is 4.90 Å². The Morgan fingerprint density at radius 2 is 1.71 bits per heavy atom. The Kier molecular flexibility index (Phi) is 5.77. The highest BCUT2D eigenvalue weighted by atomic mass is 32.2. The molecular formula is C13H19F3N2O2S. The largest absolute Gasteiger partial charge is 0.416 e. The van der Waals surface area contributed by atoms with Gasteiger partial charge in [0.2, 0.25) is 10.0 Å². The molecule has 4 nitrogen and oxygen atoms in total. The summed E-state index contributed by atoms with van der Waals surface area (Å²) in [6.07, 6.45) is -4.48. The zero-order chi connectivity index (χ0) is 16.3. The lowest BCUT2D eigenvalue weighted by atomic mass is 10.2. The van der Waals surface area contributed by atoms with Gasteiger partial charge in [0.1, 0.15) is 0 Å². The fraction of sp³-hybridized carbons (Fsp3) is 0.538. The average Bonchev–Trinajstić information content (AvgIpc) is 2.37. The molecule has 0 saturated heterocycles. The number of hydrogen-bond donors (Lipinski definition) is 1. The number of nitrogens with zero attached hydrogens (tertiary/aromatic N) is 1. The molecule has 0 aliphatic rings. The first-order chi connectivity index (χ1) is 9.54. The van der Waals surface area contributed by atoms with E-state index in [0.717, 1.165) is 24.3 Å². The van der Waals surface area contributed by atoms with Crippen molar-refractivity contribution in [2.75, 3.05) is 20.1 Å². The van der Waals surface area contributed by atoms with Crippen LogP contribution in [0.5, 0.6) is 0 Å². The first kappa shape index (κ1) is 17.9. The summed E-state index contributed by atoms with van der Waals surface area (Å²) < 4.78 is 63.5. The van der Waals surface area contributed by atoms with Crippen molar-refractivity contribution in [1.29, 1.82) is 0 Å². The molecule has 1 aromatic carbocycles. The van der Waals surface area contributed by atoms with E-state index in [9.17, 15) is 21.6 Å². The van der Waals surface area contributed by atoms with Gasteiger partial charge in [0.25, 0.3) is 0 Å². The number of rotatable bonds is 6. The van der Waals surface area contributed by atoms with Crippen LogP contribution in [0.25, 0.3) is 0 Å². The highest BCUT2D eigenvalue weighted by Crippen LogP contribution is 2.29. The molecule has 21 heavy (non-hydrogen) atoms. The van der Waals surface area contributed by atoms with Gasteiger partial charge in [-0.2, -0.15) is 13.2 Å². The molecule has 0 amide bonds. The van der Waals surface area contributed by atoms with E-state index in [1.54, 1.807) is 0 Å². The van der Waals surface area contributed by atoms with Crippen molar-refractivity contribution in [2.24, 2.45) is 0 Å². The summed E-state index contributed by atoms with van der Waals surface area (Å²) in [4.78, 5) is 1.78. The molecule has 120 valence electrons. The van der Waals surface area contributed by atoms with E-state index in [1.807, 2.05) is 25.8 Å². The SMILES string of the molecule is CC(C)N(C)CCNS(=O)(=O)c1ccc(C(F)(F)F)cc1. The molecule has 0 radical (unpaired) electrons. The van der Waals surface area contributed by atoms with Crippen molar-refractivity contribution in [3.63, 3.8) is 0 Å². The molecule has 0 unspecified atom stereocenters.